The van der Waals surface area contributed by atoms with E-state index in [1.54, 1.807) is 18.2 Å². The van der Waals surface area contributed by atoms with Crippen LogP contribution in [0.1, 0.15) is 43.0 Å². The van der Waals surface area contributed by atoms with E-state index < -0.39 is 5.97 Å². The van der Waals surface area contributed by atoms with E-state index in [4.69, 9.17) is 5.11 Å². The molecule has 0 radical (unpaired) electrons. The van der Waals surface area contributed by atoms with Gasteiger partial charge in [0.2, 0.25) is 0 Å². The Balaban J connectivity index is 2.05. The Labute approximate surface area is 112 Å². The van der Waals surface area contributed by atoms with Crippen molar-refractivity contribution in [2.24, 2.45) is 0 Å². The number of anilines is 1. The van der Waals surface area contributed by atoms with Crippen molar-refractivity contribution < 1.29 is 14.7 Å². The smallest absolute Gasteiger partial charge is 0.337 e. The highest BCUT2D eigenvalue weighted by Gasteiger charge is 2.30. The lowest BCUT2D eigenvalue weighted by Gasteiger charge is -2.25. The number of benzene rings is 1. The summed E-state index contributed by atoms with van der Waals surface area (Å²) in [5.74, 6) is -1.05. The number of urea groups is 1. The van der Waals surface area contributed by atoms with Crippen LogP contribution in [0.4, 0.5) is 10.5 Å². The molecule has 0 aromatic heterocycles. The van der Waals surface area contributed by atoms with Gasteiger partial charge in [-0.3, -0.25) is 0 Å². The van der Waals surface area contributed by atoms with E-state index in [-0.39, 0.29) is 17.1 Å². The van der Waals surface area contributed by atoms with Gasteiger partial charge in [0.25, 0.3) is 0 Å². The number of carboxylic acids is 1. The SMILES string of the molecule is CC1(NC(=O)Nc2ccccc2C(=O)O)CCCC1. The van der Waals surface area contributed by atoms with Crippen molar-refractivity contribution in [1.82, 2.24) is 5.32 Å². The molecule has 0 heterocycles. The van der Waals surface area contributed by atoms with Crippen LogP contribution >= 0.6 is 0 Å². The summed E-state index contributed by atoms with van der Waals surface area (Å²) in [7, 11) is 0. The highest BCUT2D eigenvalue weighted by atomic mass is 16.4. The van der Waals surface area contributed by atoms with Crippen molar-refractivity contribution in [3.05, 3.63) is 29.8 Å². The Hall–Kier alpha value is -2.04. The van der Waals surface area contributed by atoms with Crippen LogP contribution in [0.5, 0.6) is 0 Å². The van der Waals surface area contributed by atoms with Gasteiger partial charge in [-0.2, -0.15) is 0 Å². The molecule has 2 amide bonds. The van der Waals surface area contributed by atoms with Gasteiger partial charge in [-0.15, -0.1) is 0 Å². The number of para-hydroxylation sites is 1. The number of carbonyl (C=O) groups excluding carboxylic acids is 1. The monoisotopic (exact) mass is 262 g/mol. The lowest BCUT2D eigenvalue weighted by molar-refractivity contribution is 0.0698. The van der Waals surface area contributed by atoms with E-state index in [2.05, 4.69) is 10.6 Å². The second kappa shape index (κ2) is 5.30. The van der Waals surface area contributed by atoms with E-state index in [0.717, 1.165) is 25.7 Å². The number of rotatable bonds is 3. The van der Waals surface area contributed by atoms with Crippen LogP contribution in [0.3, 0.4) is 0 Å². The van der Waals surface area contributed by atoms with Gasteiger partial charge >= 0.3 is 12.0 Å². The van der Waals surface area contributed by atoms with Crippen molar-refractivity contribution in [3.8, 4) is 0 Å². The third kappa shape index (κ3) is 3.24. The maximum absolute atomic E-state index is 11.9. The first-order chi connectivity index (χ1) is 9.00. The van der Waals surface area contributed by atoms with Crippen molar-refractivity contribution in [3.63, 3.8) is 0 Å². The first kappa shape index (κ1) is 13.4. The Morgan fingerprint density at radius 2 is 1.84 bits per heavy atom. The molecule has 0 bridgehead atoms. The number of carboxylic acid groups (broad SMARTS) is 1. The topological polar surface area (TPSA) is 78.4 Å². The van der Waals surface area contributed by atoms with Crippen LogP contribution < -0.4 is 10.6 Å². The van der Waals surface area contributed by atoms with Crippen molar-refractivity contribution in [1.29, 1.82) is 0 Å². The molecule has 0 aliphatic heterocycles. The third-order valence-corrected chi connectivity index (χ3v) is 3.53. The fourth-order valence-corrected chi connectivity index (χ4v) is 2.49. The molecular weight excluding hydrogens is 244 g/mol. The van der Waals surface area contributed by atoms with Gasteiger partial charge in [-0.25, -0.2) is 9.59 Å². The molecule has 1 aromatic rings. The molecule has 1 fully saturated rings. The zero-order valence-corrected chi connectivity index (χ0v) is 10.9. The molecule has 19 heavy (non-hydrogen) atoms. The van der Waals surface area contributed by atoms with Crippen molar-refractivity contribution in [2.45, 2.75) is 38.1 Å². The number of aromatic carboxylic acids is 1. The molecule has 3 N–H and O–H groups in total. The number of hydrogen-bond acceptors (Lipinski definition) is 2. The number of amides is 2. The average molecular weight is 262 g/mol. The molecule has 1 aliphatic rings. The van der Waals surface area contributed by atoms with E-state index in [1.165, 1.54) is 6.07 Å². The summed E-state index contributed by atoms with van der Waals surface area (Å²) >= 11 is 0. The first-order valence-electron chi connectivity index (χ1n) is 6.42. The van der Waals surface area contributed by atoms with Gasteiger partial charge in [0.1, 0.15) is 0 Å². The summed E-state index contributed by atoms with van der Waals surface area (Å²) in [5, 5.41) is 14.6. The summed E-state index contributed by atoms with van der Waals surface area (Å²) in [6.07, 6.45) is 4.15. The van der Waals surface area contributed by atoms with Crippen molar-refractivity contribution >= 4 is 17.7 Å². The quantitative estimate of drug-likeness (QED) is 0.783. The Bertz CT molecular complexity index is 493. The van der Waals surface area contributed by atoms with E-state index in [9.17, 15) is 9.59 Å². The summed E-state index contributed by atoms with van der Waals surface area (Å²) < 4.78 is 0. The molecule has 5 nitrogen and oxygen atoms in total. The van der Waals surface area contributed by atoms with Crippen LogP contribution in [-0.4, -0.2) is 22.6 Å². The molecule has 1 aromatic carbocycles. The molecule has 1 aliphatic carbocycles. The van der Waals surface area contributed by atoms with Gasteiger partial charge in [0, 0.05) is 5.54 Å². The maximum atomic E-state index is 11.9. The van der Waals surface area contributed by atoms with Crippen molar-refractivity contribution in [2.75, 3.05) is 5.32 Å². The Morgan fingerprint density at radius 3 is 2.47 bits per heavy atom. The van der Waals surface area contributed by atoms with Crippen LogP contribution in [0.25, 0.3) is 0 Å². The predicted molar refractivity (Wildman–Crippen MR) is 72.4 cm³/mol. The molecule has 0 saturated heterocycles. The minimum atomic E-state index is -1.05. The minimum Gasteiger partial charge on any atom is -0.478 e. The van der Waals surface area contributed by atoms with E-state index in [0.29, 0.717) is 5.69 Å². The fourth-order valence-electron chi connectivity index (χ4n) is 2.49. The standard InChI is InChI=1S/C14H18N2O3/c1-14(8-4-5-9-14)16-13(19)15-11-7-3-2-6-10(11)12(17)18/h2-3,6-7H,4-5,8-9H2,1H3,(H,17,18)(H2,15,16,19). The van der Waals surface area contributed by atoms with Gasteiger partial charge < -0.3 is 15.7 Å². The summed E-state index contributed by atoms with van der Waals surface area (Å²) in [5.41, 5.74) is 0.228. The van der Waals surface area contributed by atoms with Gasteiger partial charge in [0.05, 0.1) is 11.3 Å². The maximum Gasteiger partial charge on any atom is 0.337 e. The molecule has 1 saturated carbocycles. The van der Waals surface area contributed by atoms with Crippen LogP contribution in [-0.2, 0) is 0 Å². The highest BCUT2D eigenvalue weighted by Crippen LogP contribution is 2.29. The summed E-state index contributed by atoms with van der Waals surface area (Å²) in [6.45, 7) is 2.02. The summed E-state index contributed by atoms with van der Waals surface area (Å²) in [4.78, 5) is 23.0. The molecule has 0 unspecified atom stereocenters. The normalized spacial score (nSPS) is 16.9. The van der Waals surface area contributed by atoms with Crippen LogP contribution in [0.2, 0.25) is 0 Å². The lowest BCUT2D eigenvalue weighted by atomic mass is 10.0. The molecule has 0 spiro atoms. The second-order valence-electron chi connectivity index (χ2n) is 5.20. The van der Waals surface area contributed by atoms with Crippen LogP contribution in [0, 0.1) is 0 Å². The predicted octanol–water partition coefficient (Wildman–Crippen LogP) is 2.84. The molecule has 2 rings (SSSR count). The molecule has 5 heteroatoms. The fraction of sp³-hybridized carbons (Fsp3) is 0.429. The zero-order chi connectivity index (χ0) is 13.9. The molecule has 0 atom stereocenters. The Morgan fingerprint density at radius 1 is 1.21 bits per heavy atom. The number of nitrogens with one attached hydrogen (secondary N) is 2. The third-order valence-electron chi connectivity index (χ3n) is 3.53. The number of hydrogen-bond donors (Lipinski definition) is 3. The molecular formula is C14H18N2O3. The van der Waals surface area contributed by atoms with Gasteiger partial charge in [-0.1, -0.05) is 25.0 Å². The highest BCUT2D eigenvalue weighted by molar-refractivity contribution is 6.00. The number of carbonyl (C=O) groups is 2. The van der Waals surface area contributed by atoms with E-state index in [1.807, 2.05) is 6.92 Å². The van der Waals surface area contributed by atoms with Crippen LogP contribution in [0.15, 0.2) is 24.3 Å². The Kier molecular flexibility index (Phi) is 3.74. The first-order valence-corrected chi connectivity index (χ1v) is 6.42. The lowest BCUT2D eigenvalue weighted by Crippen LogP contribution is -2.45. The zero-order valence-electron chi connectivity index (χ0n) is 10.9. The summed E-state index contributed by atoms with van der Waals surface area (Å²) in [6, 6.07) is 6.03. The van der Waals surface area contributed by atoms with Gasteiger partial charge in [0.15, 0.2) is 0 Å². The van der Waals surface area contributed by atoms with Gasteiger partial charge in [-0.05, 0) is 31.9 Å². The van der Waals surface area contributed by atoms with E-state index >= 15 is 0 Å². The minimum absolute atomic E-state index is 0.0919. The average Bonchev–Trinajstić information content (AvgIpc) is 2.75. The largest absolute Gasteiger partial charge is 0.478 e. The molecule has 102 valence electrons. The second-order valence-corrected chi connectivity index (χ2v) is 5.20.